The van der Waals surface area contributed by atoms with E-state index < -0.39 is 15.8 Å². The van der Waals surface area contributed by atoms with Gasteiger partial charge < -0.3 is 14.4 Å². The Morgan fingerprint density at radius 2 is 2.03 bits per heavy atom. The van der Waals surface area contributed by atoms with Gasteiger partial charge in [-0.1, -0.05) is 18.2 Å². The first-order valence-corrected chi connectivity index (χ1v) is 12.1. The van der Waals surface area contributed by atoms with Crippen molar-refractivity contribution in [2.24, 2.45) is 0 Å². The van der Waals surface area contributed by atoms with Gasteiger partial charge in [-0.25, -0.2) is 18.2 Å². The Hall–Kier alpha value is -3.76. The van der Waals surface area contributed by atoms with Crippen LogP contribution in [0.1, 0.15) is 15.2 Å². The van der Waals surface area contributed by atoms with Gasteiger partial charge in [-0.15, -0.1) is 11.3 Å². The van der Waals surface area contributed by atoms with E-state index in [-0.39, 0.29) is 14.7 Å². The van der Waals surface area contributed by atoms with E-state index in [1.807, 2.05) is 16.7 Å². The number of methoxy groups -OCH3 is 1. The lowest BCUT2D eigenvalue weighted by Gasteiger charge is -2.08. The van der Waals surface area contributed by atoms with Crippen LogP contribution in [0.5, 0.6) is 5.75 Å². The van der Waals surface area contributed by atoms with Crippen LogP contribution in [0.25, 0.3) is 21.1 Å². The molecule has 0 bridgehead atoms. The van der Waals surface area contributed by atoms with Crippen LogP contribution in [0, 0.1) is 0 Å². The minimum Gasteiger partial charge on any atom is -0.497 e. The molecular formula is C23H17N3O5S2. The van der Waals surface area contributed by atoms with E-state index in [1.54, 1.807) is 43.0 Å². The van der Waals surface area contributed by atoms with Crippen molar-refractivity contribution in [1.29, 1.82) is 0 Å². The number of fused-ring (bicyclic) bond motifs is 2. The Morgan fingerprint density at radius 1 is 1.18 bits per heavy atom. The molecule has 10 heteroatoms. The number of thiophene rings is 1. The van der Waals surface area contributed by atoms with E-state index in [2.05, 4.69) is 9.97 Å². The van der Waals surface area contributed by atoms with Crippen LogP contribution >= 0.6 is 11.3 Å². The molecule has 5 aromatic rings. The molecule has 0 aliphatic carbocycles. The Bertz CT molecular complexity index is 1640. The number of aromatic carboxylic acids is 1. The molecule has 0 saturated heterocycles. The molecule has 5 rings (SSSR count). The fourth-order valence-corrected chi connectivity index (χ4v) is 6.82. The molecule has 0 saturated carbocycles. The van der Waals surface area contributed by atoms with Gasteiger partial charge in [0.05, 0.1) is 35.6 Å². The lowest BCUT2D eigenvalue weighted by Crippen LogP contribution is -2.07. The average molecular weight is 480 g/mol. The third kappa shape index (κ3) is 3.62. The molecule has 0 fully saturated rings. The summed E-state index contributed by atoms with van der Waals surface area (Å²) in [6.45, 7) is 0.483. The summed E-state index contributed by atoms with van der Waals surface area (Å²) in [5.74, 6) is -0.914. The summed E-state index contributed by atoms with van der Waals surface area (Å²) in [4.78, 5) is 20.0. The van der Waals surface area contributed by atoms with Crippen LogP contribution in [0.2, 0.25) is 0 Å². The molecule has 166 valence electrons. The first-order chi connectivity index (χ1) is 15.9. The number of sulfone groups is 1. The van der Waals surface area contributed by atoms with Gasteiger partial charge in [-0.3, -0.25) is 4.98 Å². The summed E-state index contributed by atoms with van der Waals surface area (Å²) < 4.78 is 34.6. The minimum absolute atomic E-state index is 0.0227. The zero-order chi connectivity index (χ0) is 23.2. The summed E-state index contributed by atoms with van der Waals surface area (Å²) >= 11 is 0.947. The average Bonchev–Trinajstić information content (AvgIpc) is 3.41. The zero-order valence-corrected chi connectivity index (χ0v) is 18.9. The topological polar surface area (TPSA) is 111 Å². The third-order valence-electron chi connectivity index (χ3n) is 5.30. The molecule has 3 heterocycles. The van der Waals surface area contributed by atoms with E-state index in [0.29, 0.717) is 22.4 Å². The van der Waals surface area contributed by atoms with Crippen LogP contribution < -0.4 is 4.74 Å². The number of pyridine rings is 1. The first-order valence-electron chi connectivity index (χ1n) is 9.81. The van der Waals surface area contributed by atoms with Crippen molar-refractivity contribution in [1.82, 2.24) is 14.5 Å². The van der Waals surface area contributed by atoms with Crippen molar-refractivity contribution in [3.63, 3.8) is 0 Å². The number of ether oxygens (including phenoxy) is 1. The zero-order valence-electron chi connectivity index (χ0n) is 17.3. The highest BCUT2D eigenvalue weighted by Gasteiger charge is 2.30. The molecule has 33 heavy (non-hydrogen) atoms. The van der Waals surface area contributed by atoms with Gasteiger partial charge in [-0.2, -0.15) is 0 Å². The predicted molar refractivity (Wildman–Crippen MR) is 124 cm³/mol. The largest absolute Gasteiger partial charge is 0.497 e. The number of rotatable bonds is 6. The molecule has 0 atom stereocenters. The van der Waals surface area contributed by atoms with Gasteiger partial charge >= 0.3 is 5.97 Å². The molecule has 1 N–H and O–H groups in total. The summed E-state index contributed by atoms with van der Waals surface area (Å²) in [6.07, 6.45) is 5.12. The Morgan fingerprint density at radius 3 is 2.82 bits per heavy atom. The maximum Gasteiger partial charge on any atom is 0.347 e. The predicted octanol–water partition coefficient (Wildman–Crippen LogP) is 4.23. The second kappa shape index (κ2) is 7.98. The van der Waals surface area contributed by atoms with Crippen molar-refractivity contribution in [3.05, 3.63) is 77.7 Å². The molecule has 2 aromatic carbocycles. The van der Waals surface area contributed by atoms with Crippen LogP contribution in [0.4, 0.5) is 0 Å². The number of carboxylic acids is 1. The SMILES string of the molecule is COc1cccc(S(=O)(=O)c2c(C(=O)O)sc3cc(Cn4cnc5ccncc54)ccc23)c1. The maximum absolute atomic E-state index is 13.5. The molecule has 0 unspecified atom stereocenters. The monoisotopic (exact) mass is 479 g/mol. The fraction of sp³-hybridized carbons (Fsp3) is 0.0870. The Kier molecular flexibility index (Phi) is 5.10. The third-order valence-corrected chi connectivity index (χ3v) is 8.41. The second-order valence-corrected chi connectivity index (χ2v) is 10.3. The van der Waals surface area contributed by atoms with Crippen molar-refractivity contribution in [3.8, 4) is 5.75 Å². The highest BCUT2D eigenvalue weighted by molar-refractivity contribution is 7.92. The van der Waals surface area contributed by atoms with Gasteiger partial charge in [-0.05, 0) is 35.9 Å². The van der Waals surface area contributed by atoms with Gasteiger partial charge in [0.15, 0.2) is 0 Å². The second-order valence-electron chi connectivity index (χ2n) is 7.32. The summed E-state index contributed by atoms with van der Waals surface area (Å²) in [6, 6.07) is 13.1. The highest BCUT2D eigenvalue weighted by Crippen LogP contribution is 2.39. The molecular weight excluding hydrogens is 462 g/mol. The maximum atomic E-state index is 13.5. The number of nitrogens with zero attached hydrogens (tertiary/aromatic N) is 3. The van der Waals surface area contributed by atoms with Gasteiger partial charge in [0.2, 0.25) is 9.84 Å². The van der Waals surface area contributed by atoms with E-state index in [0.717, 1.165) is 27.9 Å². The van der Waals surface area contributed by atoms with Gasteiger partial charge in [0.1, 0.15) is 15.5 Å². The minimum atomic E-state index is -4.10. The number of imidazole rings is 1. The van der Waals surface area contributed by atoms with E-state index in [9.17, 15) is 18.3 Å². The lowest BCUT2D eigenvalue weighted by atomic mass is 10.1. The van der Waals surface area contributed by atoms with E-state index in [4.69, 9.17) is 4.74 Å². The fourth-order valence-electron chi connectivity index (χ4n) is 3.74. The summed E-state index contributed by atoms with van der Waals surface area (Å²) in [5, 5.41) is 10.2. The molecule has 0 radical (unpaired) electrons. The number of hydrogen-bond donors (Lipinski definition) is 1. The molecule has 0 aliphatic rings. The van der Waals surface area contributed by atoms with Crippen molar-refractivity contribution >= 4 is 48.3 Å². The quantitative estimate of drug-likeness (QED) is 0.388. The Labute approximate surface area is 192 Å². The van der Waals surface area contributed by atoms with Crippen LogP contribution in [-0.2, 0) is 16.4 Å². The number of aromatic nitrogens is 3. The molecule has 3 aromatic heterocycles. The molecule has 0 aliphatic heterocycles. The lowest BCUT2D eigenvalue weighted by molar-refractivity contribution is 0.0698. The number of hydrogen-bond acceptors (Lipinski definition) is 7. The first kappa shape index (κ1) is 21.1. The summed E-state index contributed by atoms with van der Waals surface area (Å²) in [5.41, 5.74) is 2.58. The van der Waals surface area contributed by atoms with Gasteiger partial charge in [0, 0.05) is 22.8 Å². The molecule has 0 amide bonds. The number of carboxylic acid groups (broad SMARTS) is 1. The van der Waals surface area contributed by atoms with Crippen LogP contribution in [0.15, 0.2) is 77.0 Å². The smallest absolute Gasteiger partial charge is 0.347 e. The van der Waals surface area contributed by atoms with Crippen molar-refractivity contribution in [2.45, 2.75) is 16.3 Å². The van der Waals surface area contributed by atoms with Crippen molar-refractivity contribution in [2.75, 3.05) is 7.11 Å². The molecule has 8 nitrogen and oxygen atoms in total. The highest BCUT2D eigenvalue weighted by atomic mass is 32.2. The number of benzene rings is 2. The van der Waals surface area contributed by atoms with Gasteiger partial charge in [0.25, 0.3) is 0 Å². The normalized spacial score (nSPS) is 11.8. The standard InChI is InChI=1S/C23H17N3O5S2/c1-31-15-3-2-4-16(10-15)33(29,30)22-17-6-5-14(9-20(17)32-21(22)23(27)28)12-26-13-25-18-7-8-24-11-19(18)26/h2-11,13H,12H2,1H3,(H,27,28). The molecule has 0 spiro atoms. The van der Waals surface area contributed by atoms with Crippen LogP contribution in [-0.4, -0.2) is 41.1 Å². The summed E-state index contributed by atoms with van der Waals surface area (Å²) in [7, 11) is -2.66. The Balaban J connectivity index is 1.62. The van der Waals surface area contributed by atoms with Crippen molar-refractivity contribution < 1.29 is 23.1 Å². The number of carbonyl (C=O) groups is 1. The van der Waals surface area contributed by atoms with Crippen LogP contribution in [0.3, 0.4) is 0 Å². The van der Waals surface area contributed by atoms with E-state index in [1.165, 1.54) is 19.2 Å². The van der Waals surface area contributed by atoms with E-state index >= 15 is 0 Å².